The van der Waals surface area contributed by atoms with Crippen LogP contribution in [0.3, 0.4) is 0 Å². The monoisotopic (exact) mass is 313 g/mol. The second kappa shape index (κ2) is 6.24. The largest absolute Gasteiger partial charge is 0.361 e. The highest BCUT2D eigenvalue weighted by Gasteiger charge is 2.22. The fourth-order valence-corrected chi connectivity index (χ4v) is 2.79. The number of carbonyl (C=O) groups excluding carboxylic acids is 2. The quantitative estimate of drug-likeness (QED) is 0.941. The van der Waals surface area contributed by atoms with Gasteiger partial charge in [-0.3, -0.25) is 9.59 Å². The number of amides is 2. The van der Waals surface area contributed by atoms with Gasteiger partial charge in [0.2, 0.25) is 11.8 Å². The molecule has 0 aliphatic carbocycles. The van der Waals surface area contributed by atoms with Crippen LogP contribution in [0.5, 0.6) is 0 Å². The van der Waals surface area contributed by atoms with E-state index < -0.39 is 0 Å². The van der Waals surface area contributed by atoms with Gasteiger partial charge in [-0.05, 0) is 38.5 Å². The third kappa shape index (κ3) is 3.26. The van der Waals surface area contributed by atoms with E-state index in [1.807, 2.05) is 31.2 Å². The predicted octanol–water partition coefficient (Wildman–Crippen LogP) is 2.60. The maximum Gasteiger partial charge on any atom is 0.229 e. The summed E-state index contributed by atoms with van der Waals surface area (Å²) >= 11 is 0. The predicted molar refractivity (Wildman–Crippen MR) is 86.3 cm³/mol. The standard InChI is InChI=1S/C17H19N3O3/c1-11-15(12(2)23-19-11)10-16(21)18-13-5-3-6-14(9-13)20-8-4-7-17(20)22/h3,5-6,9H,4,7-8,10H2,1-2H3,(H,18,21). The van der Waals surface area contributed by atoms with Crippen LogP contribution in [0.25, 0.3) is 0 Å². The van der Waals surface area contributed by atoms with Crippen molar-refractivity contribution in [1.82, 2.24) is 5.16 Å². The first kappa shape index (κ1) is 15.3. The molecule has 1 saturated heterocycles. The van der Waals surface area contributed by atoms with Crippen molar-refractivity contribution in [2.75, 3.05) is 16.8 Å². The summed E-state index contributed by atoms with van der Waals surface area (Å²) in [6, 6.07) is 7.36. The number of anilines is 2. The van der Waals surface area contributed by atoms with Gasteiger partial charge in [-0.15, -0.1) is 0 Å². The van der Waals surface area contributed by atoms with Crippen LogP contribution in [0.1, 0.15) is 29.9 Å². The van der Waals surface area contributed by atoms with Crippen molar-refractivity contribution in [1.29, 1.82) is 0 Å². The van der Waals surface area contributed by atoms with Crippen molar-refractivity contribution in [2.45, 2.75) is 33.1 Å². The summed E-state index contributed by atoms with van der Waals surface area (Å²) in [6.45, 7) is 4.34. The Hall–Kier alpha value is -2.63. The van der Waals surface area contributed by atoms with E-state index >= 15 is 0 Å². The molecule has 3 rings (SSSR count). The molecular formula is C17H19N3O3. The minimum Gasteiger partial charge on any atom is -0.361 e. The number of nitrogens with zero attached hydrogens (tertiary/aromatic N) is 2. The lowest BCUT2D eigenvalue weighted by molar-refractivity contribution is -0.117. The van der Waals surface area contributed by atoms with Crippen molar-refractivity contribution in [3.05, 3.63) is 41.3 Å². The van der Waals surface area contributed by atoms with Gasteiger partial charge in [0.25, 0.3) is 0 Å². The van der Waals surface area contributed by atoms with E-state index in [-0.39, 0.29) is 18.2 Å². The van der Waals surface area contributed by atoms with Crippen LogP contribution >= 0.6 is 0 Å². The van der Waals surface area contributed by atoms with Gasteiger partial charge in [-0.2, -0.15) is 0 Å². The number of carbonyl (C=O) groups is 2. The molecule has 0 saturated carbocycles. The summed E-state index contributed by atoms with van der Waals surface area (Å²) in [7, 11) is 0. The van der Waals surface area contributed by atoms with Crippen LogP contribution in [0.15, 0.2) is 28.8 Å². The molecule has 2 heterocycles. The highest BCUT2D eigenvalue weighted by atomic mass is 16.5. The number of rotatable bonds is 4. The molecule has 0 bridgehead atoms. The number of benzene rings is 1. The smallest absolute Gasteiger partial charge is 0.229 e. The number of nitrogens with one attached hydrogen (secondary N) is 1. The molecule has 120 valence electrons. The van der Waals surface area contributed by atoms with Gasteiger partial charge >= 0.3 is 0 Å². The number of aryl methyl sites for hydroxylation is 2. The molecule has 1 aromatic heterocycles. The van der Waals surface area contributed by atoms with Gasteiger partial charge in [0.15, 0.2) is 0 Å². The van der Waals surface area contributed by atoms with Crippen LogP contribution in [0.4, 0.5) is 11.4 Å². The highest BCUT2D eigenvalue weighted by Crippen LogP contribution is 2.24. The lowest BCUT2D eigenvalue weighted by Crippen LogP contribution is -2.23. The molecular weight excluding hydrogens is 294 g/mol. The lowest BCUT2D eigenvalue weighted by atomic mass is 10.1. The third-order valence-electron chi connectivity index (χ3n) is 4.03. The number of hydrogen-bond donors (Lipinski definition) is 1. The minimum absolute atomic E-state index is 0.129. The first-order chi connectivity index (χ1) is 11.0. The zero-order valence-electron chi connectivity index (χ0n) is 13.3. The zero-order valence-corrected chi connectivity index (χ0v) is 13.3. The summed E-state index contributed by atoms with van der Waals surface area (Å²) in [6.07, 6.45) is 1.68. The fraction of sp³-hybridized carbons (Fsp3) is 0.353. The summed E-state index contributed by atoms with van der Waals surface area (Å²) in [5.41, 5.74) is 3.05. The van der Waals surface area contributed by atoms with Crippen molar-refractivity contribution in [2.24, 2.45) is 0 Å². The average molecular weight is 313 g/mol. The molecule has 0 radical (unpaired) electrons. The minimum atomic E-state index is -0.135. The van der Waals surface area contributed by atoms with Crippen molar-refractivity contribution in [3.63, 3.8) is 0 Å². The van der Waals surface area contributed by atoms with Gasteiger partial charge in [0.05, 0.1) is 12.1 Å². The lowest BCUT2D eigenvalue weighted by Gasteiger charge is -2.16. The number of hydrogen-bond acceptors (Lipinski definition) is 4. The van der Waals surface area contributed by atoms with E-state index in [0.717, 1.165) is 29.9 Å². The van der Waals surface area contributed by atoms with Crippen molar-refractivity contribution >= 4 is 23.2 Å². The maximum absolute atomic E-state index is 12.2. The van der Waals surface area contributed by atoms with E-state index in [2.05, 4.69) is 10.5 Å². The second-order valence-corrected chi connectivity index (χ2v) is 5.73. The summed E-state index contributed by atoms with van der Waals surface area (Å²) in [5, 5.41) is 6.72. The summed E-state index contributed by atoms with van der Waals surface area (Å²) in [4.78, 5) is 25.8. The molecule has 0 atom stereocenters. The van der Waals surface area contributed by atoms with E-state index in [9.17, 15) is 9.59 Å². The normalized spacial score (nSPS) is 14.3. The van der Waals surface area contributed by atoms with Gasteiger partial charge in [0.1, 0.15) is 5.76 Å². The van der Waals surface area contributed by atoms with Crippen LogP contribution in [0.2, 0.25) is 0 Å². The molecule has 1 N–H and O–H groups in total. The molecule has 6 nitrogen and oxygen atoms in total. The molecule has 0 unspecified atom stereocenters. The Morgan fingerprint density at radius 3 is 2.87 bits per heavy atom. The average Bonchev–Trinajstić information content (AvgIpc) is 3.08. The number of aromatic nitrogens is 1. The Kier molecular flexibility index (Phi) is 4.14. The van der Waals surface area contributed by atoms with Crippen LogP contribution < -0.4 is 10.2 Å². The zero-order chi connectivity index (χ0) is 16.4. The van der Waals surface area contributed by atoms with Gasteiger partial charge < -0.3 is 14.7 Å². The SMILES string of the molecule is Cc1noc(C)c1CC(=O)Nc1cccc(N2CCCC2=O)c1. The second-order valence-electron chi connectivity index (χ2n) is 5.73. The Bertz CT molecular complexity index is 732. The molecule has 0 spiro atoms. The Morgan fingerprint density at radius 2 is 2.22 bits per heavy atom. The van der Waals surface area contributed by atoms with Gasteiger partial charge in [-0.25, -0.2) is 0 Å². The Morgan fingerprint density at radius 1 is 1.39 bits per heavy atom. The molecule has 1 aliphatic heterocycles. The highest BCUT2D eigenvalue weighted by molar-refractivity contribution is 5.97. The van der Waals surface area contributed by atoms with E-state index in [1.54, 1.807) is 11.8 Å². The molecule has 6 heteroatoms. The molecule has 2 aromatic rings. The first-order valence-electron chi connectivity index (χ1n) is 7.66. The first-order valence-corrected chi connectivity index (χ1v) is 7.66. The van der Waals surface area contributed by atoms with Crippen LogP contribution in [0, 0.1) is 13.8 Å². The summed E-state index contributed by atoms with van der Waals surface area (Å²) in [5.74, 6) is 0.655. The molecule has 2 amide bonds. The third-order valence-corrected chi connectivity index (χ3v) is 4.03. The van der Waals surface area contributed by atoms with E-state index in [1.165, 1.54) is 0 Å². The van der Waals surface area contributed by atoms with Gasteiger partial charge in [-0.1, -0.05) is 11.2 Å². The maximum atomic E-state index is 12.2. The van der Waals surface area contributed by atoms with Gasteiger partial charge in [0, 0.05) is 29.9 Å². The van der Waals surface area contributed by atoms with Crippen LogP contribution in [-0.2, 0) is 16.0 Å². The molecule has 23 heavy (non-hydrogen) atoms. The van der Waals surface area contributed by atoms with Crippen molar-refractivity contribution in [3.8, 4) is 0 Å². The van der Waals surface area contributed by atoms with E-state index in [0.29, 0.717) is 17.9 Å². The fourth-order valence-electron chi connectivity index (χ4n) is 2.79. The molecule has 1 aromatic carbocycles. The summed E-state index contributed by atoms with van der Waals surface area (Å²) < 4.78 is 5.07. The van der Waals surface area contributed by atoms with Crippen LogP contribution in [-0.4, -0.2) is 23.5 Å². The molecule has 1 fully saturated rings. The Balaban J connectivity index is 1.70. The Labute approximate surface area is 134 Å². The topological polar surface area (TPSA) is 75.4 Å². The molecule has 1 aliphatic rings. The van der Waals surface area contributed by atoms with E-state index in [4.69, 9.17) is 4.52 Å². The van der Waals surface area contributed by atoms with Crippen molar-refractivity contribution < 1.29 is 14.1 Å².